The van der Waals surface area contributed by atoms with Gasteiger partial charge in [0.05, 0.1) is 0 Å². The van der Waals surface area contributed by atoms with Gasteiger partial charge in [0.25, 0.3) is 0 Å². The Labute approximate surface area is 81.8 Å². The topological polar surface area (TPSA) is 104 Å². The fourth-order valence-electron chi connectivity index (χ4n) is 1.30. The van der Waals surface area contributed by atoms with Gasteiger partial charge in [-0.1, -0.05) is 0 Å². The number of amides is 2. The van der Waals surface area contributed by atoms with E-state index < -0.39 is 18.0 Å². The SMILES string of the molecule is NC(=O)NCCNC(C(=O)O)C1CC1. The largest absolute Gasteiger partial charge is 0.480 e. The molecule has 6 nitrogen and oxygen atoms in total. The Balaban J connectivity index is 2.14. The third kappa shape index (κ3) is 3.61. The molecule has 0 spiro atoms. The second-order valence-corrected chi connectivity index (χ2v) is 3.40. The number of carbonyl (C=O) groups is 2. The van der Waals surface area contributed by atoms with E-state index in [9.17, 15) is 9.59 Å². The second kappa shape index (κ2) is 4.80. The number of carboxylic acid groups (broad SMARTS) is 1. The molecular formula is C8H15N3O3. The summed E-state index contributed by atoms with van der Waals surface area (Å²) >= 11 is 0. The highest BCUT2D eigenvalue weighted by atomic mass is 16.4. The zero-order valence-electron chi connectivity index (χ0n) is 7.82. The summed E-state index contributed by atoms with van der Waals surface area (Å²) in [6.45, 7) is 0.780. The van der Waals surface area contributed by atoms with Crippen molar-refractivity contribution >= 4 is 12.0 Å². The van der Waals surface area contributed by atoms with Crippen molar-refractivity contribution in [3.05, 3.63) is 0 Å². The fraction of sp³-hybridized carbons (Fsp3) is 0.750. The van der Waals surface area contributed by atoms with E-state index in [2.05, 4.69) is 10.6 Å². The van der Waals surface area contributed by atoms with Crippen molar-refractivity contribution in [1.82, 2.24) is 10.6 Å². The van der Waals surface area contributed by atoms with Crippen LogP contribution in [0.1, 0.15) is 12.8 Å². The molecule has 14 heavy (non-hydrogen) atoms. The van der Waals surface area contributed by atoms with Crippen molar-refractivity contribution < 1.29 is 14.7 Å². The molecule has 1 saturated carbocycles. The summed E-state index contributed by atoms with van der Waals surface area (Å²) in [6, 6.07) is -1.07. The Morgan fingerprint density at radius 1 is 1.43 bits per heavy atom. The van der Waals surface area contributed by atoms with Crippen LogP contribution in [0.3, 0.4) is 0 Å². The minimum atomic E-state index is -0.827. The molecule has 1 aliphatic carbocycles. The summed E-state index contributed by atoms with van der Waals surface area (Å²) in [6.07, 6.45) is 1.93. The molecule has 2 amide bonds. The highest BCUT2D eigenvalue weighted by Gasteiger charge is 2.35. The van der Waals surface area contributed by atoms with Crippen LogP contribution in [-0.4, -0.2) is 36.2 Å². The lowest BCUT2D eigenvalue weighted by Crippen LogP contribution is -2.43. The summed E-state index contributed by atoms with van der Waals surface area (Å²) in [5, 5.41) is 14.1. The molecule has 0 aromatic heterocycles. The third-order valence-electron chi connectivity index (χ3n) is 2.15. The van der Waals surface area contributed by atoms with Crippen LogP contribution in [-0.2, 0) is 4.79 Å². The molecule has 0 bridgehead atoms. The van der Waals surface area contributed by atoms with Crippen molar-refractivity contribution in [3.63, 3.8) is 0 Å². The molecule has 0 aromatic rings. The third-order valence-corrected chi connectivity index (χ3v) is 2.15. The lowest BCUT2D eigenvalue weighted by atomic mass is 10.2. The minimum absolute atomic E-state index is 0.251. The van der Waals surface area contributed by atoms with Crippen LogP contribution >= 0.6 is 0 Å². The summed E-state index contributed by atoms with van der Waals surface area (Å²) in [5.41, 5.74) is 4.85. The number of hydrogen-bond acceptors (Lipinski definition) is 3. The Bertz CT molecular complexity index is 228. The molecule has 0 aromatic carbocycles. The standard InChI is InChI=1S/C8H15N3O3/c9-8(14)11-4-3-10-6(7(12)13)5-1-2-5/h5-6,10H,1-4H2,(H,12,13)(H3,9,11,14). The van der Waals surface area contributed by atoms with Gasteiger partial charge in [-0.05, 0) is 18.8 Å². The van der Waals surface area contributed by atoms with E-state index in [1.807, 2.05) is 0 Å². The van der Waals surface area contributed by atoms with E-state index in [0.717, 1.165) is 12.8 Å². The van der Waals surface area contributed by atoms with Crippen molar-refractivity contribution in [2.24, 2.45) is 11.7 Å². The van der Waals surface area contributed by atoms with Gasteiger partial charge >= 0.3 is 12.0 Å². The average molecular weight is 201 g/mol. The molecular weight excluding hydrogens is 186 g/mol. The Morgan fingerprint density at radius 3 is 2.50 bits per heavy atom. The van der Waals surface area contributed by atoms with E-state index in [1.165, 1.54) is 0 Å². The molecule has 0 saturated heterocycles. The molecule has 1 unspecified atom stereocenters. The summed E-state index contributed by atoms with van der Waals surface area (Å²) in [5.74, 6) is -0.576. The normalized spacial score (nSPS) is 17.4. The highest BCUT2D eigenvalue weighted by Crippen LogP contribution is 2.32. The van der Waals surface area contributed by atoms with Crippen LogP contribution in [0.2, 0.25) is 0 Å². The molecule has 1 rings (SSSR count). The lowest BCUT2D eigenvalue weighted by Gasteiger charge is -2.12. The van der Waals surface area contributed by atoms with E-state index in [0.29, 0.717) is 13.1 Å². The summed E-state index contributed by atoms with van der Waals surface area (Å²) < 4.78 is 0. The molecule has 5 N–H and O–H groups in total. The van der Waals surface area contributed by atoms with Crippen LogP contribution in [0.15, 0.2) is 0 Å². The van der Waals surface area contributed by atoms with Gasteiger partial charge in [0.1, 0.15) is 6.04 Å². The molecule has 80 valence electrons. The number of hydrogen-bond donors (Lipinski definition) is 4. The number of primary amides is 1. The van der Waals surface area contributed by atoms with Crippen molar-refractivity contribution in [2.45, 2.75) is 18.9 Å². The predicted molar refractivity (Wildman–Crippen MR) is 49.7 cm³/mol. The quantitative estimate of drug-likeness (QED) is 0.418. The van der Waals surface area contributed by atoms with E-state index in [4.69, 9.17) is 10.8 Å². The van der Waals surface area contributed by atoms with Gasteiger partial charge in [-0.3, -0.25) is 4.79 Å². The number of rotatable bonds is 6. The van der Waals surface area contributed by atoms with Gasteiger partial charge < -0.3 is 21.5 Å². The first-order chi connectivity index (χ1) is 6.61. The van der Waals surface area contributed by atoms with E-state index in [-0.39, 0.29) is 5.92 Å². The minimum Gasteiger partial charge on any atom is -0.480 e. The predicted octanol–water partition coefficient (Wildman–Crippen LogP) is -0.892. The maximum absolute atomic E-state index is 10.7. The first-order valence-electron chi connectivity index (χ1n) is 4.60. The average Bonchev–Trinajstić information content (AvgIpc) is 2.86. The monoisotopic (exact) mass is 201 g/mol. The zero-order chi connectivity index (χ0) is 10.6. The van der Waals surface area contributed by atoms with Crippen molar-refractivity contribution in [3.8, 4) is 0 Å². The van der Waals surface area contributed by atoms with Crippen LogP contribution in [0.5, 0.6) is 0 Å². The second-order valence-electron chi connectivity index (χ2n) is 3.40. The number of aliphatic carboxylic acids is 1. The number of nitrogens with two attached hydrogens (primary N) is 1. The molecule has 6 heteroatoms. The first-order valence-corrected chi connectivity index (χ1v) is 4.60. The lowest BCUT2D eigenvalue weighted by molar-refractivity contribution is -0.140. The Kier molecular flexibility index (Phi) is 3.70. The van der Waals surface area contributed by atoms with Crippen LogP contribution < -0.4 is 16.4 Å². The fourth-order valence-corrected chi connectivity index (χ4v) is 1.30. The first kappa shape index (κ1) is 10.8. The van der Waals surface area contributed by atoms with Crippen molar-refractivity contribution in [2.75, 3.05) is 13.1 Å². The van der Waals surface area contributed by atoms with Gasteiger partial charge in [0.2, 0.25) is 0 Å². The number of urea groups is 1. The van der Waals surface area contributed by atoms with Crippen LogP contribution in [0, 0.1) is 5.92 Å². The Hall–Kier alpha value is -1.30. The molecule has 0 heterocycles. The summed E-state index contributed by atoms with van der Waals surface area (Å²) in [4.78, 5) is 21.0. The molecule has 1 atom stereocenters. The van der Waals surface area contributed by atoms with Gasteiger partial charge in [-0.2, -0.15) is 0 Å². The van der Waals surface area contributed by atoms with Gasteiger partial charge in [-0.25, -0.2) is 4.79 Å². The molecule has 1 fully saturated rings. The van der Waals surface area contributed by atoms with E-state index >= 15 is 0 Å². The van der Waals surface area contributed by atoms with E-state index in [1.54, 1.807) is 0 Å². The number of nitrogens with one attached hydrogen (secondary N) is 2. The maximum atomic E-state index is 10.7. The Morgan fingerprint density at radius 2 is 2.07 bits per heavy atom. The molecule has 1 aliphatic rings. The summed E-state index contributed by atoms with van der Waals surface area (Å²) in [7, 11) is 0. The smallest absolute Gasteiger partial charge is 0.320 e. The molecule has 0 radical (unpaired) electrons. The molecule has 0 aliphatic heterocycles. The van der Waals surface area contributed by atoms with Gasteiger partial charge in [0.15, 0.2) is 0 Å². The maximum Gasteiger partial charge on any atom is 0.320 e. The van der Waals surface area contributed by atoms with Crippen LogP contribution in [0.4, 0.5) is 4.79 Å². The van der Waals surface area contributed by atoms with Crippen molar-refractivity contribution in [1.29, 1.82) is 0 Å². The highest BCUT2D eigenvalue weighted by molar-refractivity contribution is 5.74. The van der Waals surface area contributed by atoms with Gasteiger partial charge in [-0.15, -0.1) is 0 Å². The number of carbonyl (C=O) groups excluding carboxylic acids is 1. The van der Waals surface area contributed by atoms with Crippen LogP contribution in [0.25, 0.3) is 0 Å². The zero-order valence-corrected chi connectivity index (χ0v) is 7.82. The number of carboxylic acids is 1. The van der Waals surface area contributed by atoms with Gasteiger partial charge in [0, 0.05) is 13.1 Å².